The number of nitrogens with one attached hydrogen (secondary N) is 1. The van der Waals surface area contributed by atoms with E-state index in [0.717, 1.165) is 10.6 Å². The van der Waals surface area contributed by atoms with Gasteiger partial charge in [-0.2, -0.15) is 5.10 Å². The summed E-state index contributed by atoms with van der Waals surface area (Å²) < 4.78 is 2.31. The summed E-state index contributed by atoms with van der Waals surface area (Å²) in [6.45, 7) is 0.476. The summed E-state index contributed by atoms with van der Waals surface area (Å²) in [5.41, 5.74) is 2.07. The van der Waals surface area contributed by atoms with Gasteiger partial charge in [-0.25, -0.2) is 19.3 Å². The van der Waals surface area contributed by atoms with Crippen LogP contribution in [0.25, 0.3) is 5.65 Å². The molecule has 138 valence electrons. The van der Waals surface area contributed by atoms with Crippen LogP contribution in [0.3, 0.4) is 0 Å². The maximum Gasteiger partial charge on any atom is 0.407 e. The van der Waals surface area contributed by atoms with Gasteiger partial charge < -0.3 is 15.3 Å². The molecule has 0 radical (unpaired) electrons. The predicted octanol–water partition coefficient (Wildman–Crippen LogP) is 1.96. The molecule has 10 nitrogen and oxygen atoms in total. The highest BCUT2D eigenvalue weighted by Gasteiger charge is 2.27. The molecule has 3 aromatic rings. The first-order chi connectivity index (χ1) is 13.0. The maximum atomic E-state index is 12.2. The molecular formula is C16H14BrN7O3. The molecule has 0 unspecified atom stereocenters. The van der Waals surface area contributed by atoms with Gasteiger partial charge in [-0.3, -0.25) is 9.69 Å². The topological polar surface area (TPSA) is 116 Å². The van der Waals surface area contributed by atoms with Gasteiger partial charge in [-0.15, -0.1) is 0 Å². The molecule has 0 saturated carbocycles. The van der Waals surface area contributed by atoms with E-state index in [0.29, 0.717) is 28.3 Å². The Morgan fingerprint density at radius 2 is 1.96 bits per heavy atom. The molecular weight excluding hydrogens is 418 g/mol. The number of halogens is 1. The maximum absolute atomic E-state index is 12.2. The van der Waals surface area contributed by atoms with Crippen molar-refractivity contribution in [1.82, 2.24) is 24.5 Å². The Hall–Kier alpha value is -3.21. The van der Waals surface area contributed by atoms with Crippen LogP contribution < -0.4 is 10.2 Å². The number of fused-ring (bicyclic) bond motifs is 1. The van der Waals surface area contributed by atoms with Crippen LogP contribution in [0.2, 0.25) is 0 Å². The number of carboxylic acid groups (broad SMARTS) is 1. The Morgan fingerprint density at radius 3 is 2.67 bits per heavy atom. The van der Waals surface area contributed by atoms with E-state index in [2.05, 4.69) is 36.3 Å². The Balaban J connectivity index is 1.51. The predicted molar refractivity (Wildman–Crippen MR) is 100 cm³/mol. The standard InChI is InChI=1S/C16H14BrN7O3/c17-12-7-18-14(15-19-9-20-24(12)15)21-10-1-3-11(4-2-10)23-6-5-22(16(26)27)8-13(23)25/h1-4,7,9H,5-6,8H2,(H,18,21)(H,26,27). The SMILES string of the molecule is O=C(O)N1CCN(c2ccc(Nc3ncc(Br)n4ncnc34)cc2)C(=O)C1. The molecule has 1 aliphatic heterocycles. The van der Waals surface area contributed by atoms with Crippen LogP contribution in [-0.4, -0.2) is 61.2 Å². The first-order valence-electron chi connectivity index (χ1n) is 8.02. The Kier molecular flexibility index (Phi) is 4.36. The normalized spacial score (nSPS) is 14.6. The van der Waals surface area contributed by atoms with E-state index in [1.165, 1.54) is 6.33 Å². The number of anilines is 3. The van der Waals surface area contributed by atoms with E-state index in [1.807, 2.05) is 12.1 Å². The van der Waals surface area contributed by atoms with Gasteiger partial charge in [0.25, 0.3) is 0 Å². The average Bonchev–Trinajstić information content (AvgIpc) is 3.16. The molecule has 2 N–H and O–H groups in total. The van der Waals surface area contributed by atoms with Crippen molar-refractivity contribution in [2.24, 2.45) is 0 Å². The highest BCUT2D eigenvalue weighted by Crippen LogP contribution is 2.24. The van der Waals surface area contributed by atoms with Gasteiger partial charge in [-0.05, 0) is 40.2 Å². The zero-order valence-corrected chi connectivity index (χ0v) is 15.5. The fourth-order valence-electron chi connectivity index (χ4n) is 2.85. The van der Waals surface area contributed by atoms with Gasteiger partial charge in [0.1, 0.15) is 17.5 Å². The first kappa shape index (κ1) is 17.2. The van der Waals surface area contributed by atoms with Gasteiger partial charge in [0, 0.05) is 24.5 Å². The highest BCUT2D eigenvalue weighted by molar-refractivity contribution is 9.10. The number of hydrogen-bond acceptors (Lipinski definition) is 6. The Bertz CT molecular complexity index is 1020. The lowest BCUT2D eigenvalue weighted by molar-refractivity contribution is -0.120. The third-order valence-electron chi connectivity index (χ3n) is 4.20. The number of carbonyl (C=O) groups excluding carboxylic acids is 1. The molecule has 0 spiro atoms. The lowest BCUT2D eigenvalue weighted by atomic mass is 10.2. The van der Waals surface area contributed by atoms with Crippen LogP contribution >= 0.6 is 15.9 Å². The fraction of sp³-hybridized carbons (Fsp3) is 0.188. The van der Waals surface area contributed by atoms with Gasteiger partial charge in [-0.1, -0.05) is 0 Å². The summed E-state index contributed by atoms with van der Waals surface area (Å²) in [6.07, 6.45) is 1.99. The summed E-state index contributed by atoms with van der Waals surface area (Å²) in [5, 5.41) is 16.3. The van der Waals surface area contributed by atoms with Gasteiger partial charge in [0.2, 0.25) is 5.91 Å². The van der Waals surface area contributed by atoms with Crippen LogP contribution in [0.5, 0.6) is 0 Å². The molecule has 0 atom stereocenters. The molecule has 0 aliphatic carbocycles. The summed E-state index contributed by atoms with van der Waals surface area (Å²) in [4.78, 5) is 34.4. The largest absolute Gasteiger partial charge is 0.465 e. The second kappa shape index (κ2) is 6.83. The molecule has 3 heterocycles. The lowest BCUT2D eigenvalue weighted by Crippen LogP contribution is -2.52. The average molecular weight is 432 g/mol. The van der Waals surface area contributed by atoms with Crippen LogP contribution in [0.15, 0.2) is 41.4 Å². The fourth-order valence-corrected chi connectivity index (χ4v) is 3.21. The number of hydrogen-bond donors (Lipinski definition) is 2. The molecule has 1 saturated heterocycles. The molecule has 11 heteroatoms. The molecule has 2 amide bonds. The highest BCUT2D eigenvalue weighted by atomic mass is 79.9. The summed E-state index contributed by atoms with van der Waals surface area (Å²) in [5.74, 6) is 0.304. The minimum absolute atomic E-state index is 0.136. The quantitative estimate of drug-likeness (QED) is 0.650. The third-order valence-corrected chi connectivity index (χ3v) is 4.74. The first-order valence-corrected chi connectivity index (χ1v) is 8.82. The van der Waals surface area contributed by atoms with Crippen molar-refractivity contribution in [1.29, 1.82) is 0 Å². The number of rotatable bonds is 3. The van der Waals surface area contributed by atoms with Crippen LogP contribution in [0, 0.1) is 0 Å². The van der Waals surface area contributed by atoms with E-state index in [9.17, 15) is 9.59 Å². The van der Waals surface area contributed by atoms with Crippen molar-refractivity contribution in [3.63, 3.8) is 0 Å². The van der Waals surface area contributed by atoms with E-state index < -0.39 is 6.09 Å². The number of aromatic nitrogens is 4. The number of nitrogens with zero attached hydrogens (tertiary/aromatic N) is 6. The number of piperazine rings is 1. The summed E-state index contributed by atoms with van der Waals surface area (Å²) >= 11 is 3.36. The van der Waals surface area contributed by atoms with Gasteiger partial charge in [0.15, 0.2) is 11.5 Å². The zero-order valence-electron chi connectivity index (χ0n) is 13.9. The van der Waals surface area contributed by atoms with Crippen molar-refractivity contribution >= 4 is 50.8 Å². The number of carbonyl (C=O) groups is 2. The number of amides is 2. The van der Waals surface area contributed by atoms with Crippen molar-refractivity contribution in [3.05, 3.63) is 41.4 Å². The third kappa shape index (κ3) is 3.28. The van der Waals surface area contributed by atoms with Crippen molar-refractivity contribution in [3.8, 4) is 0 Å². The smallest absolute Gasteiger partial charge is 0.407 e. The summed E-state index contributed by atoms with van der Waals surface area (Å²) in [7, 11) is 0. The minimum Gasteiger partial charge on any atom is -0.465 e. The Labute approximate surface area is 161 Å². The molecule has 2 aromatic heterocycles. The van der Waals surface area contributed by atoms with Crippen molar-refractivity contribution in [2.75, 3.05) is 29.9 Å². The molecule has 0 bridgehead atoms. The van der Waals surface area contributed by atoms with E-state index >= 15 is 0 Å². The second-order valence-electron chi connectivity index (χ2n) is 5.85. The molecule has 1 fully saturated rings. The molecule has 1 aromatic carbocycles. The van der Waals surface area contributed by atoms with Crippen molar-refractivity contribution < 1.29 is 14.7 Å². The van der Waals surface area contributed by atoms with Crippen LogP contribution in [0.4, 0.5) is 22.0 Å². The van der Waals surface area contributed by atoms with E-state index in [4.69, 9.17) is 5.11 Å². The summed E-state index contributed by atoms with van der Waals surface area (Å²) in [6, 6.07) is 7.25. The monoisotopic (exact) mass is 431 g/mol. The molecule has 1 aliphatic rings. The van der Waals surface area contributed by atoms with Crippen LogP contribution in [0.1, 0.15) is 0 Å². The Morgan fingerprint density at radius 1 is 1.19 bits per heavy atom. The lowest BCUT2D eigenvalue weighted by Gasteiger charge is -2.32. The van der Waals surface area contributed by atoms with Gasteiger partial charge in [0.05, 0.1) is 6.20 Å². The molecule has 4 rings (SSSR count). The van der Waals surface area contributed by atoms with E-state index in [1.54, 1.807) is 27.7 Å². The van der Waals surface area contributed by atoms with Crippen LogP contribution in [-0.2, 0) is 4.79 Å². The second-order valence-corrected chi connectivity index (χ2v) is 6.66. The van der Waals surface area contributed by atoms with Gasteiger partial charge >= 0.3 is 6.09 Å². The zero-order chi connectivity index (χ0) is 19.0. The minimum atomic E-state index is -1.08. The van der Waals surface area contributed by atoms with Crippen molar-refractivity contribution in [2.45, 2.75) is 0 Å². The number of benzene rings is 1. The van der Waals surface area contributed by atoms with E-state index in [-0.39, 0.29) is 19.0 Å². The molecule has 27 heavy (non-hydrogen) atoms.